The van der Waals surface area contributed by atoms with E-state index in [4.69, 9.17) is 9.72 Å². The Balaban J connectivity index is 1.40. The van der Waals surface area contributed by atoms with Crippen molar-refractivity contribution < 1.29 is 9.53 Å². The van der Waals surface area contributed by atoms with Crippen molar-refractivity contribution in [2.75, 3.05) is 6.61 Å². The Hall–Kier alpha value is -2.82. The summed E-state index contributed by atoms with van der Waals surface area (Å²) in [5.74, 6) is 2.65. The molecule has 2 aromatic carbocycles. The molecule has 5 heteroatoms. The maximum atomic E-state index is 12.6. The first-order valence-electron chi connectivity index (χ1n) is 12.1. The van der Waals surface area contributed by atoms with Crippen LogP contribution in [0.25, 0.3) is 11.0 Å². The Morgan fingerprint density at radius 3 is 2.62 bits per heavy atom. The van der Waals surface area contributed by atoms with Crippen molar-refractivity contribution >= 4 is 16.9 Å². The molecule has 3 aromatic rings. The Morgan fingerprint density at radius 1 is 1.12 bits per heavy atom. The van der Waals surface area contributed by atoms with E-state index in [2.05, 4.69) is 54.1 Å². The number of nitrogens with one attached hydrogen (secondary N) is 1. The van der Waals surface area contributed by atoms with Crippen LogP contribution in [-0.4, -0.2) is 22.1 Å². The minimum absolute atomic E-state index is 0.156. The summed E-state index contributed by atoms with van der Waals surface area (Å²) >= 11 is 0. The van der Waals surface area contributed by atoms with Gasteiger partial charge in [-0.1, -0.05) is 57.4 Å². The fourth-order valence-electron chi connectivity index (χ4n) is 4.57. The van der Waals surface area contributed by atoms with Crippen molar-refractivity contribution in [3.63, 3.8) is 0 Å². The van der Waals surface area contributed by atoms with E-state index in [0.717, 1.165) is 54.7 Å². The van der Waals surface area contributed by atoms with Gasteiger partial charge < -0.3 is 14.6 Å². The van der Waals surface area contributed by atoms with Gasteiger partial charge in [-0.2, -0.15) is 0 Å². The van der Waals surface area contributed by atoms with Crippen LogP contribution in [0.3, 0.4) is 0 Å². The maximum Gasteiger partial charge on any atom is 0.223 e. The number of benzene rings is 2. The van der Waals surface area contributed by atoms with E-state index in [1.807, 2.05) is 18.2 Å². The number of fused-ring (bicyclic) bond motifs is 1. The number of rotatable bonds is 9. The van der Waals surface area contributed by atoms with Gasteiger partial charge in [0.25, 0.3) is 0 Å². The largest absolute Gasteiger partial charge is 0.492 e. The van der Waals surface area contributed by atoms with Crippen molar-refractivity contribution in [2.45, 2.75) is 71.4 Å². The van der Waals surface area contributed by atoms with Gasteiger partial charge >= 0.3 is 0 Å². The highest BCUT2D eigenvalue weighted by Gasteiger charge is 2.21. The Bertz CT molecular complexity index is 1020. The lowest BCUT2D eigenvalue weighted by molar-refractivity contribution is -0.126. The Morgan fingerprint density at radius 2 is 1.88 bits per heavy atom. The molecular weight excluding hydrogens is 398 g/mol. The first-order valence-corrected chi connectivity index (χ1v) is 12.1. The predicted molar refractivity (Wildman–Crippen MR) is 129 cm³/mol. The third kappa shape index (κ3) is 5.32. The SMILES string of the molecule is CCC(C)c1ccc(OCCn2c(CNC(=O)C3CCCCC3)nc3ccccc32)cc1. The van der Waals surface area contributed by atoms with Gasteiger partial charge in [0.05, 0.1) is 24.1 Å². The van der Waals surface area contributed by atoms with E-state index in [1.54, 1.807) is 0 Å². The van der Waals surface area contributed by atoms with E-state index in [0.29, 0.717) is 25.6 Å². The van der Waals surface area contributed by atoms with Gasteiger partial charge in [0.15, 0.2) is 0 Å². The summed E-state index contributed by atoms with van der Waals surface area (Å²) in [4.78, 5) is 17.4. The first kappa shape index (κ1) is 22.4. The number of amides is 1. The van der Waals surface area contributed by atoms with Crippen LogP contribution in [0.1, 0.15) is 69.7 Å². The fourth-order valence-corrected chi connectivity index (χ4v) is 4.57. The van der Waals surface area contributed by atoms with E-state index < -0.39 is 0 Å². The molecule has 1 atom stereocenters. The molecule has 0 aliphatic heterocycles. The molecule has 5 nitrogen and oxygen atoms in total. The quantitative estimate of drug-likeness (QED) is 0.462. The minimum Gasteiger partial charge on any atom is -0.492 e. The summed E-state index contributed by atoms with van der Waals surface area (Å²) < 4.78 is 8.21. The molecule has 0 radical (unpaired) electrons. The number of para-hydroxylation sites is 2. The molecule has 1 unspecified atom stereocenters. The van der Waals surface area contributed by atoms with Crippen LogP contribution in [0.5, 0.6) is 5.75 Å². The molecule has 1 N–H and O–H groups in total. The van der Waals surface area contributed by atoms with Gasteiger partial charge in [-0.05, 0) is 55.0 Å². The highest BCUT2D eigenvalue weighted by molar-refractivity contribution is 5.79. The number of ether oxygens (including phenoxy) is 1. The smallest absolute Gasteiger partial charge is 0.223 e. The van der Waals surface area contributed by atoms with Crippen molar-refractivity contribution in [1.82, 2.24) is 14.9 Å². The molecule has 1 aliphatic rings. The maximum absolute atomic E-state index is 12.6. The zero-order valence-corrected chi connectivity index (χ0v) is 19.3. The molecule has 1 heterocycles. The highest BCUT2D eigenvalue weighted by Crippen LogP contribution is 2.24. The third-order valence-electron chi connectivity index (χ3n) is 6.78. The van der Waals surface area contributed by atoms with E-state index in [-0.39, 0.29) is 11.8 Å². The van der Waals surface area contributed by atoms with E-state index in [9.17, 15) is 4.79 Å². The molecule has 1 saturated carbocycles. The lowest BCUT2D eigenvalue weighted by atomic mass is 9.89. The van der Waals surface area contributed by atoms with Crippen LogP contribution < -0.4 is 10.1 Å². The second kappa shape index (κ2) is 10.7. The van der Waals surface area contributed by atoms with Crippen molar-refractivity contribution in [3.05, 3.63) is 59.9 Å². The van der Waals surface area contributed by atoms with Gasteiger partial charge in [0.1, 0.15) is 18.2 Å². The molecule has 0 saturated heterocycles. The number of nitrogens with zero attached hydrogens (tertiary/aromatic N) is 2. The molecule has 1 aliphatic carbocycles. The van der Waals surface area contributed by atoms with Crippen molar-refractivity contribution in [1.29, 1.82) is 0 Å². The molecule has 1 aromatic heterocycles. The molecule has 170 valence electrons. The number of hydrogen-bond donors (Lipinski definition) is 1. The number of aromatic nitrogens is 2. The molecule has 32 heavy (non-hydrogen) atoms. The molecule has 0 bridgehead atoms. The summed E-state index contributed by atoms with van der Waals surface area (Å²) in [5, 5.41) is 3.14. The molecule has 4 rings (SSSR count). The topological polar surface area (TPSA) is 56.1 Å². The third-order valence-corrected chi connectivity index (χ3v) is 6.78. The minimum atomic E-state index is 0.156. The van der Waals surface area contributed by atoms with E-state index >= 15 is 0 Å². The average Bonchev–Trinajstić information content (AvgIpc) is 3.20. The molecule has 1 fully saturated rings. The van der Waals surface area contributed by atoms with Gasteiger partial charge in [0, 0.05) is 5.92 Å². The Labute approximate surface area is 191 Å². The lowest BCUT2D eigenvalue weighted by Crippen LogP contribution is -2.32. The van der Waals surface area contributed by atoms with E-state index in [1.165, 1.54) is 12.0 Å². The van der Waals surface area contributed by atoms with Crippen LogP contribution in [0.15, 0.2) is 48.5 Å². The summed E-state index contributed by atoms with van der Waals surface area (Å²) in [6, 6.07) is 16.5. The number of hydrogen-bond acceptors (Lipinski definition) is 3. The summed E-state index contributed by atoms with van der Waals surface area (Å²) in [6.07, 6.45) is 6.71. The molecule has 0 spiro atoms. The van der Waals surface area contributed by atoms with Gasteiger partial charge in [0.2, 0.25) is 5.91 Å². The Kier molecular flexibility index (Phi) is 7.46. The average molecular weight is 434 g/mol. The number of carbonyl (C=O) groups excluding carboxylic acids is 1. The van der Waals surface area contributed by atoms with Gasteiger partial charge in [-0.15, -0.1) is 0 Å². The van der Waals surface area contributed by atoms with Gasteiger partial charge in [-0.3, -0.25) is 4.79 Å². The van der Waals surface area contributed by atoms with Crippen LogP contribution >= 0.6 is 0 Å². The summed E-state index contributed by atoms with van der Waals surface area (Å²) in [5.41, 5.74) is 3.37. The highest BCUT2D eigenvalue weighted by atomic mass is 16.5. The van der Waals surface area contributed by atoms with Crippen molar-refractivity contribution in [2.24, 2.45) is 5.92 Å². The zero-order valence-electron chi connectivity index (χ0n) is 19.3. The fraction of sp³-hybridized carbons (Fsp3) is 0.481. The normalized spacial score (nSPS) is 15.6. The predicted octanol–water partition coefficient (Wildman–Crippen LogP) is 5.83. The monoisotopic (exact) mass is 433 g/mol. The number of carbonyl (C=O) groups is 1. The van der Waals surface area contributed by atoms with Gasteiger partial charge in [-0.25, -0.2) is 4.98 Å². The second-order valence-corrected chi connectivity index (χ2v) is 8.95. The summed E-state index contributed by atoms with van der Waals surface area (Å²) in [6.45, 7) is 6.14. The standard InChI is InChI=1S/C27H35N3O2/c1-3-20(2)21-13-15-23(16-14-21)32-18-17-30-25-12-8-7-11-24(25)29-26(30)19-28-27(31)22-9-5-4-6-10-22/h7-8,11-16,20,22H,3-6,9-10,17-19H2,1-2H3,(H,28,31). The second-order valence-electron chi connectivity index (χ2n) is 8.95. The molecular formula is C27H35N3O2. The van der Waals surface area contributed by atoms with Crippen LogP contribution in [0, 0.1) is 5.92 Å². The van der Waals surface area contributed by atoms with Crippen LogP contribution in [-0.2, 0) is 17.9 Å². The van der Waals surface area contributed by atoms with Crippen molar-refractivity contribution in [3.8, 4) is 5.75 Å². The summed E-state index contributed by atoms with van der Waals surface area (Å²) in [7, 11) is 0. The lowest BCUT2D eigenvalue weighted by Gasteiger charge is -2.20. The van der Waals surface area contributed by atoms with Crippen LogP contribution in [0.2, 0.25) is 0 Å². The van der Waals surface area contributed by atoms with Crippen LogP contribution in [0.4, 0.5) is 0 Å². The molecule has 1 amide bonds. The first-order chi connectivity index (χ1) is 15.7. The number of imidazole rings is 1. The zero-order chi connectivity index (χ0) is 22.3.